The van der Waals surface area contributed by atoms with Crippen LogP contribution in [0.2, 0.25) is 0 Å². The van der Waals surface area contributed by atoms with E-state index in [1.165, 1.54) is 7.11 Å². The fourth-order valence-electron chi connectivity index (χ4n) is 2.52. The van der Waals surface area contributed by atoms with Crippen LogP contribution in [0.15, 0.2) is 17.1 Å². The Hall–Kier alpha value is -1.62. The van der Waals surface area contributed by atoms with Crippen molar-refractivity contribution in [3.05, 3.63) is 17.7 Å². The average Bonchev–Trinajstić information content (AvgIpc) is 2.79. The molecule has 0 saturated carbocycles. The number of methoxy groups -OCH3 is 1. The molecule has 4 nitrogen and oxygen atoms in total. The number of nitrogens with zero attached hydrogens (tertiary/aromatic N) is 2. The summed E-state index contributed by atoms with van der Waals surface area (Å²) < 4.78 is 5.13. The highest BCUT2D eigenvalue weighted by Gasteiger charge is 2.29. The van der Waals surface area contributed by atoms with Crippen LogP contribution in [0.1, 0.15) is 18.4 Å². The smallest absolute Gasteiger partial charge is 0.161 e. The van der Waals surface area contributed by atoms with Crippen molar-refractivity contribution in [3.63, 3.8) is 0 Å². The molecule has 1 N–H and O–H groups in total. The third kappa shape index (κ3) is 1.66. The molecule has 2 aliphatic heterocycles. The van der Waals surface area contributed by atoms with Gasteiger partial charge in [0, 0.05) is 24.4 Å². The molecule has 2 heterocycles. The number of benzene rings is 1. The Morgan fingerprint density at radius 3 is 3.11 bits per heavy atom. The second-order valence-electron chi connectivity index (χ2n) is 4.53. The predicted octanol–water partition coefficient (Wildman–Crippen LogP) is 2.26. The zero-order chi connectivity index (χ0) is 12.7. The first-order valence-electron chi connectivity index (χ1n) is 5.97. The molecular weight excluding hydrogens is 248 g/mol. The minimum atomic E-state index is 0.0956. The zero-order valence-corrected chi connectivity index (χ0v) is 10.9. The summed E-state index contributed by atoms with van der Waals surface area (Å²) in [6.07, 6.45) is 4.15. The zero-order valence-electron chi connectivity index (χ0n) is 10.1. The van der Waals surface area contributed by atoms with Gasteiger partial charge in [0.25, 0.3) is 0 Å². The lowest BCUT2D eigenvalue weighted by Gasteiger charge is -2.23. The number of rotatable bonds is 1. The number of fused-ring (bicyclic) bond motifs is 2. The molecule has 1 aromatic rings. The Labute approximate surface area is 111 Å². The first kappa shape index (κ1) is 11.5. The van der Waals surface area contributed by atoms with Crippen LogP contribution in [0, 0.1) is 0 Å². The van der Waals surface area contributed by atoms with Crippen molar-refractivity contribution in [1.29, 1.82) is 0 Å². The fraction of sp³-hybridized carbons (Fsp3) is 0.385. The third-order valence-electron chi connectivity index (χ3n) is 3.47. The lowest BCUT2D eigenvalue weighted by Crippen LogP contribution is -2.34. The summed E-state index contributed by atoms with van der Waals surface area (Å²) in [6, 6.07) is 3.67. The standard InChI is InChI=1S/C13H14N2O2S/c1-17-12-5-9-10(6-11(12)16)14-7-8-3-2-4-15(8)13(9)18/h5-8,16H,2-4H2,1H3/t8-/m0/s1. The molecule has 1 fully saturated rings. The molecule has 2 aliphatic rings. The average molecular weight is 262 g/mol. The number of phenolic OH excluding ortho intramolecular Hbond substituents is 1. The maximum atomic E-state index is 9.79. The van der Waals surface area contributed by atoms with Crippen LogP contribution in [0.5, 0.6) is 11.5 Å². The monoisotopic (exact) mass is 262 g/mol. The molecule has 0 bridgehead atoms. The molecule has 1 saturated heterocycles. The van der Waals surface area contributed by atoms with E-state index in [9.17, 15) is 5.11 Å². The number of thiocarbonyl (C=S) groups is 1. The molecule has 0 spiro atoms. The van der Waals surface area contributed by atoms with E-state index in [0.717, 1.165) is 29.9 Å². The van der Waals surface area contributed by atoms with E-state index in [1.807, 2.05) is 6.21 Å². The molecule has 0 aromatic heterocycles. The Bertz CT molecular complexity index is 542. The molecule has 0 amide bonds. The first-order chi connectivity index (χ1) is 8.70. The van der Waals surface area contributed by atoms with E-state index in [1.54, 1.807) is 12.1 Å². The largest absolute Gasteiger partial charge is 0.504 e. The molecule has 0 radical (unpaired) electrons. The Morgan fingerprint density at radius 2 is 2.33 bits per heavy atom. The Balaban J connectivity index is 2.12. The van der Waals surface area contributed by atoms with E-state index in [4.69, 9.17) is 17.0 Å². The van der Waals surface area contributed by atoms with Gasteiger partial charge in [-0.1, -0.05) is 12.2 Å². The van der Waals surface area contributed by atoms with E-state index >= 15 is 0 Å². The summed E-state index contributed by atoms with van der Waals surface area (Å²) in [6.45, 7) is 0.970. The van der Waals surface area contributed by atoms with Crippen molar-refractivity contribution < 1.29 is 9.84 Å². The molecule has 1 atom stereocenters. The summed E-state index contributed by atoms with van der Waals surface area (Å²) in [7, 11) is 1.53. The summed E-state index contributed by atoms with van der Waals surface area (Å²) in [4.78, 5) is 7.44. The van der Waals surface area contributed by atoms with Crippen LogP contribution in [0.4, 0.5) is 5.69 Å². The Morgan fingerprint density at radius 1 is 1.50 bits per heavy atom. The van der Waals surface area contributed by atoms with Crippen molar-refractivity contribution in [2.75, 3.05) is 13.7 Å². The second-order valence-corrected chi connectivity index (χ2v) is 4.91. The van der Waals surface area contributed by atoms with Crippen LogP contribution in [-0.2, 0) is 0 Å². The van der Waals surface area contributed by atoms with Crippen molar-refractivity contribution in [3.8, 4) is 11.5 Å². The number of phenols is 1. The SMILES string of the molecule is COc1cc2c(cc1O)N=C[C@@H]1CCCN1C2=S. The third-order valence-corrected chi connectivity index (χ3v) is 3.93. The highest BCUT2D eigenvalue weighted by Crippen LogP contribution is 2.37. The van der Waals surface area contributed by atoms with Gasteiger partial charge < -0.3 is 14.7 Å². The van der Waals surface area contributed by atoms with Gasteiger partial charge in [-0.15, -0.1) is 0 Å². The lowest BCUT2D eigenvalue weighted by atomic mass is 10.1. The maximum absolute atomic E-state index is 9.79. The quantitative estimate of drug-likeness (QED) is 0.788. The van der Waals surface area contributed by atoms with Crippen LogP contribution in [0.3, 0.4) is 0 Å². The van der Waals surface area contributed by atoms with E-state index in [-0.39, 0.29) is 11.8 Å². The minimum Gasteiger partial charge on any atom is -0.504 e. The molecule has 3 rings (SSSR count). The van der Waals surface area contributed by atoms with Crippen LogP contribution in [-0.4, -0.2) is 40.9 Å². The summed E-state index contributed by atoms with van der Waals surface area (Å²) >= 11 is 5.54. The predicted molar refractivity (Wildman–Crippen MR) is 74.2 cm³/mol. The first-order valence-corrected chi connectivity index (χ1v) is 6.37. The molecule has 0 unspecified atom stereocenters. The van der Waals surface area contributed by atoms with Crippen LogP contribution in [0.25, 0.3) is 0 Å². The van der Waals surface area contributed by atoms with Gasteiger partial charge in [0.15, 0.2) is 11.5 Å². The second kappa shape index (κ2) is 4.24. The normalized spacial score (nSPS) is 21.5. The van der Waals surface area contributed by atoms with Gasteiger partial charge in [0.05, 0.1) is 18.8 Å². The number of ether oxygens (including phenoxy) is 1. The Kier molecular flexibility index (Phi) is 2.70. The maximum Gasteiger partial charge on any atom is 0.161 e. The summed E-state index contributed by atoms with van der Waals surface area (Å²) in [5, 5.41) is 9.79. The topological polar surface area (TPSA) is 45.1 Å². The number of aliphatic imine (C=N–C) groups is 1. The highest BCUT2D eigenvalue weighted by molar-refractivity contribution is 7.80. The molecular formula is C13H14N2O2S. The van der Waals surface area contributed by atoms with Crippen LogP contribution < -0.4 is 4.74 Å². The lowest BCUT2D eigenvalue weighted by molar-refractivity contribution is 0.373. The summed E-state index contributed by atoms with van der Waals surface area (Å²) in [5.41, 5.74) is 1.58. The number of hydrogen-bond donors (Lipinski definition) is 1. The molecule has 18 heavy (non-hydrogen) atoms. The van der Waals surface area contributed by atoms with E-state index in [0.29, 0.717) is 11.4 Å². The van der Waals surface area contributed by atoms with Gasteiger partial charge in [-0.05, 0) is 18.9 Å². The molecule has 1 aromatic carbocycles. The fourth-order valence-corrected chi connectivity index (χ4v) is 2.91. The minimum absolute atomic E-state index is 0.0956. The van der Waals surface area contributed by atoms with E-state index in [2.05, 4.69) is 9.89 Å². The van der Waals surface area contributed by atoms with Gasteiger partial charge in [0.1, 0.15) is 4.99 Å². The van der Waals surface area contributed by atoms with Gasteiger partial charge in [-0.25, -0.2) is 0 Å². The van der Waals surface area contributed by atoms with Crippen LogP contribution >= 0.6 is 12.2 Å². The molecule has 94 valence electrons. The van der Waals surface area contributed by atoms with Gasteiger partial charge in [-0.3, -0.25) is 4.99 Å². The van der Waals surface area contributed by atoms with Gasteiger partial charge >= 0.3 is 0 Å². The van der Waals surface area contributed by atoms with Crippen molar-refractivity contribution >= 4 is 29.1 Å². The number of aromatic hydroxyl groups is 1. The van der Waals surface area contributed by atoms with Gasteiger partial charge in [-0.2, -0.15) is 0 Å². The van der Waals surface area contributed by atoms with Crippen molar-refractivity contribution in [2.45, 2.75) is 18.9 Å². The van der Waals surface area contributed by atoms with E-state index < -0.39 is 0 Å². The van der Waals surface area contributed by atoms with Crippen molar-refractivity contribution in [2.24, 2.45) is 4.99 Å². The highest BCUT2D eigenvalue weighted by atomic mass is 32.1. The van der Waals surface area contributed by atoms with Gasteiger partial charge in [0.2, 0.25) is 0 Å². The number of hydrogen-bond acceptors (Lipinski definition) is 4. The van der Waals surface area contributed by atoms with Crippen molar-refractivity contribution in [1.82, 2.24) is 4.90 Å². The summed E-state index contributed by atoms with van der Waals surface area (Å²) in [5.74, 6) is 0.530. The molecule has 5 heteroatoms. The molecule has 0 aliphatic carbocycles.